The number of esters is 1. The van der Waals surface area contributed by atoms with Gasteiger partial charge in [0.1, 0.15) is 15.8 Å². The molecule has 0 fully saturated rings. The van der Waals surface area contributed by atoms with E-state index in [4.69, 9.17) is 9.47 Å². The second-order valence-corrected chi connectivity index (χ2v) is 6.83. The molecule has 0 saturated carbocycles. The van der Waals surface area contributed by atoms with Gasteiger partial charge in [-0.2, -0.15) is 0 Å². The Bertz CT molecular complexity index is 655. The Labute approximate surface area is 143 Å². The minimum Gasteiger partial charge on any atom is -0.481 e. The van der Waals surface area contributed by atoms with Crippen molar-refractivity contribution >= 4 is 45.1 Å². The van der Waals surface area contributed by atoms with Crippen LogP contribution in [0.2, 0.25) is 0 Å². The Kier molecular flexibility index (Phi) is 6.73. The summed E-state index contributed by atoms with van der Waals surface area (Å²) >= 11 is 2.68. The number of hydrogen-bond acceptors (Lipinski definition) is 7. The molecule has 1 aromatic carbocycles. The first-order valence-electron chi connectivity index (χ1n) is 7.16. The molecule has 0 saturated heterocycles. The van der Waals surface area contributed by atoms with Crippen molar-refractivity contribution in [2.45, 2.75) is 13.8 Å². The third-order valence-electron chi connectivity index (χ3n) is 2.73. The van der Waals surface area contributed by atoms with Gasteiger partial charge in [-0.1, -0.05) is 36.9 Å². The van der Waals surface area contributed by atoms with E-state index in [1.54, 1.807) is 25.1 Å². The lowest BCUT2D eigenvalue weighted by molar-refractivity contribution is -0.145. The SMILES string of the molecule is CCOC(=O)COc1ccccc1/C=C1\N=C(SCC)SC1=O. The maximum atomic E-state index is 12.0. The fraction of sp³-hybridized carbons (Fsp3) is 0.312. The summed E-state index contributed by atoms with van der Waals surface area (Å²) in [5.41, 5.74) is 1.09. The lowest BCUT2D eigenvalue weighted by Crippen LogP contribution is -2.14. The van der Waals surface area contributed by atoms with Crippen molar-refractivity contribution in [3.8, 4) is 5.75 Å². The van der Waals surface area contributed by atoms with E-state index in [2.05, 4.69) is 4.99 Å². The molecule has 0 N–H and O–H groups in total. The summed E-state index contributed by atoms with van der Waals surface area (Å²) in [5, 5.41) is -0.0823. The monoisotopic (exact) mass is 351 g/mol. The number of para-hydroxylation sites is 1. The number of carbonyl (C=O) groups is 2. The van der Waals surface area contributed by atoms with Gasteiger partial charge in [-0.15, -0.1) is 0 Å². The van der Waals surface area contributed by atoms with Crippen molar-refractivity contribution in [1.29, 1.82) is 0 Å². The van der Waals surface area contributed by atoms with E-state index in [9.17, 15) is 9.59 Å². The van der Waals surface area contributed by atoms with Crippen LogP contribution in [0.25, 0.3) is 6.08 Å². The summed E-state index contributed by atoms with van der Waals surface area (Å²) in [4.78, 5) is 27.7. The first-order valence-corrected chi connectivity index (χ1v) is 8.97. The maximum absolute atomic E-state index is 12.0. The van der Waals surface area contributed by atoms with Gasteiger partial charge in [-0.25, -0.2) is 9.79 Å². The van der Waals surface area contributed by atoms with E-state index in [1.807, 2.05) is 19.1 Å². The first-order chi connectivity index (χ1) is 11.1. The Morgan fingerprint density at radius 2 is 2.13 bits per heavy atom. The first kappa shape index (κ1) is 17.6. The molecule has 122 valence electrons. The van der Waals surface area contributed by atoms with Crippen molar-refractivity contribution in [2.75, 3.05) is 19.0 Å². The zero-order valence-electron chi connectivity index (χ0n) is 12.9. The molecule has 0 unspecified atom stereocenters. The van der Waals surface area contributed by atoms with Crippen molar-refractivity contribution < 1.29 is 19.1 Å². The van der Waals surface area contributed by atoms with Crippen LogP contribution in [0, 0.1) is 0 Å². The zero-order valence-corrected chi connectivity index (χ0v) is 14.5. The van der Waals surface area contributed by atoms with Crippen LogP contribution in [0.15, 0.2) is 35.0 Å². The van der Waals surface area contributed by atoms with Gasteiger partial charge in [-0.05, 0) is 36.6 Å². The third kappa shape index (κ3) is 5.14. The standard InChI is InChI=1S/C16H17NO4S2/c1-3-20-14(18)10-21-13-8-6-5-7-11(13)9-12-15(19)23-16(17-12)22-4-2/h5-9H,3-4,10H2,1-2H3/b12-9-. The summed E-state index contributed by atoms with van der Waals surface area (Å²) in [6, 6.07) is 7.19. The molecule has 1 aliphatic rings. The second kappa shape index (κ2) is 8.79. The summed E-state index contributed by atoms with van der Waals surface area (Å²) in [6.45, 7) is 3.89. The van der Waals surface area contributed by atoms with Crippen LogP contribution in [0.5, 0.6) is 5.75 Å². The Balaban J connectivity index is 2.15. The topological polar surface area (TPSA) is 65.0 Å². The third-order valence-corrected chi connectivity index (χ3v) is 4.62. The predicted molar refractivity (Wildman–Crippen MR) is 94.7 cm³/mol. The zero-order chi connectivity index (χ0) is 16.7. The molecular weight excluding hydrogens is 334 g/mol. The normalized spacial score (nSPS) is 15.7. The molecule has 0 bridgehead atoms. The van der Waals surface area contributed by atoms with Crippen molar-refractivity contribution in [3.05, 3.63) is 35.5 Å². The van der Waals surface area contributed by atoms with Crippen LogP contribution < -0.4 is 4.74 Å². The van der Waals surface area contributed by atoms with Gasteiger partial charge in [0, 0.05) is 5.56 Å². The molecular formula is C16H17NO4S2. The van der Waals surface area contributed by atoms with E-state index >= 15 is 0 Å². The van der Waals surface area contributed by atoms with Gasteiger partial charge < -0.3 is 9.47 Å². The van der Waals surface area contributed by atoms with Crippen molar-refractivity contribution in [1.82, 2.24) is 0 Å². The number of aliphatic imine (C=N–C) groups is 1. The molecule has 0 atom stereocenters. The summed E-state index contributed by atoms with van der Waals surface area (Å²) in [6.07, 6.45) is 1.68. The molecule has 0 aliphatic carbocycles. The van der Waals surface area contributed by atoms with Crippen LogP contribution in [-0.2, 0) is 14.3 Å². The maximum Gasteiger partial charge on any atom is 0.344 e. The molecule has 1 heterocycles. The molecule has 0 spiro atoms. The van der Waals surface area contributed by atoms with Gasteiger partial charge >= 0.3 is 5.97 Å². The number of rotatable bonds is 6. The molecule has 1 aliphatic heterocycles. The van der Waals surface area contributed by atoms with Gasteiger partial charge in [0.05, 0.1) is 6.61 Å². The lowest BCUT2D eigenvalue weighted by atomic mass is 10.1. The Morgan fingerprint density at radius 1 is 1.35 bits per heavy atom. The number of ether oxygens (including phenoxy) is 2. The highest BCUT2D eigenvalue weighted by Crippen LogP contribution is 2.32. The van der Waals surface area contributed by atoms with E-state index in [1.165, 1.54) is 11.8 Å². The van der Waals surface area contributed by atoms with Crippen LogP contribution in [0.1, 0.15) is 19.4 Å². The average molecular weight is 351 g/mol. The number of nitrogens with zero attached hydrogens (tertiary/aromatic N) is 1. The highest BCUT2D eigenvalue weighted by atomic mass is 32.2. The van der Waals surface area contributed by atoms with E-state index < -0.39 is 5.97 Å². The summed E-state index contributed by atoms with van der Waals surface area (Å²) in [5.74, 6) is 0.950. The molecule has 0 aromatic heterocycles. The smallest absolute Gasteiger partial charge is 0.344 e. The predicted octanol–water partition coefficient (Wildman–Crippen LogP) is 3.35. The number of benzene rings is 1. The number of thioether (sulfide) groups is 2. The fourth-order valence-corrected chi connectivity index (χ4v) is 3.53. The van der Waals surface area contributed by atoms with Gasteiger partial charge in [0.15, 0.2) is 6.61 Å². The van der Waals surface area contributed by atoms with Crippen LogP contribution in [0.3, 0.4) is 0 Å². The van der Waals surface area contributed by atoms with Crippen LogP contribution in [-0.4, -0.2) is 34.4 Å². The molecule has 0 amide bonds. The number of carbonyl (C=O) groups excluding carboxylic acids is 2. The van der Waals surface area contributed by atoms with E-state index in [0.29, 0.717) is 23.6 Å². The Hall–Kier alpha value is -1.73. The number of hydrogen-bond donors (Lipinski definition) is 0. The van der Waals surface area contributed by atoms with E-state index in [-0.39, 0.29) is 11.7 Å². The minimum atomic E-state index is -0.429. The summed E-state index contributed by atoms with van der Waals surface area (Å²) in [7, 11) is 0. The molecule has 7 heteroatoms. The highest BCUT2D eigenvalue weighted by molar-refractivity contribution is 8.45. The fourth-order valence-electron chi connectivity index (χ4n) is 1.79. The minimum absolute atomic E-state index is 0.0823. The highest BCUT2D eigenvalue weighted by Gasteiger charge is 2.22. The van der Waals surface area contributed by atoms with Gasteiger partial charge in [0.25, 0.3) is 0 Å². The molecule has 5 nitrogen and oxygen atoms in total. The molecule has 2 rings (SSSR count). The molecule has 23 heavy (non-hydrogen) atoms. The Morgan fingerprint density at radius 3 is 2.87 bits per heavy atom. The van der Waals surface area contributed by atoms with Crippen molar-refractivity contribution in [3.63, 3.8) is 0 Å². The van der Waals surface area contributed by atoms with Crippen LogP contribution >= 0.6 is 23.5 Å². The van der Waals surface area contributed by atoms with E-state index in [0.717, 1.165) is 21.9 Å². The van der Waals surface area contributed by atoms with Crippen LogP contribution in [0.4, 0.5) is 0 Å². The van der Waals surface area contributed by atoms with Gasteiger partial charge in [-0.3, -0.25) is 4.79 Å². The summed E-state index contributed by atoms with van der Waals surface area (Å²) < 4.78 is 11.1. The molecule has 0 radical (unpaired) electrons. The average Bonchev–Trinajstić information content (AvgIpc) is 2.87. The lowest BCUT2D eigenvalue weighted by Gasteiger charge is -2.08. The van der Waals surface area contributed by atoms with Crippen molar-refractivity contribution in [2.24, 2.45) is 4.99 Å². The largest absolute Gasteiger partial charge is 0.481 e. The van der Waals surface area contributed by atoms with Gasteiger partial charge in [0.2, 0.25) is 5.12 Å². The second-order valence-electron chi connectivity index (χ2n) is 4.36. The quantitative estimate of drug-likeness (QED) is 0.578. The molecule has 1 aromatic rings.